The van der Waals surface area contributed by atoms with Crippen LogP contribution in [0.15, 0.2) is 48.5 Å². The summed E-state index contributed by atoms with van der Waals surface area (Å²) in [5.74, 6) is -2.44. The zero-order valence-corrected chi connectivity index (χ0v) is 21.2. The fourth-order valence-corrected chi connectivity index (χ4v) is 5.14. The van der Waals surface area contributed by atoms with Gasteiger partial charge in [0.15, 0.2) is 0 Å². The Kier molecular flexibility index (Phi) is 8.89. The molecule has 2 amide bonds. The third-order valence-corrected chi connectivity index (χ3v) is 7.14. The first-order chi connectivity index (χ1) is 17.7. The van der Waals surface area contributed by atoms with Gasteiger partial charge in [0.25, 0.3) is 0 Å². The molecule has 5 atom stereocenters. The van der Waals surface area contributed by atoms with Crippen LogP contribution < -0.4 is 10.6 Å². The van der Waals surface area contributed by atoms with E-state index in [2.05, 4.69) is 10.6 Å². The van der Waals surface area contributed by atoms with Gasteiger partial charge in [0.05, 0.1) is 30.8 Å². The van der Waals surface area contributed by atoms with Gasteiger partial charge in [0.2, 0.25) is 11.8 Å². The molecule has 2 aliphatic rings. The standard InChI is InChI=1S/C28H35F2N3O4/c1-17(2)33-15-20(11-26(33)34)28(36)32-25(10-19-8-21(29)12-22(30)9-19)27(35)24-13-23(14-31-24)37-16-18-6-4-3-5-7-18/h3-9,12,17,20,23-25,27,31,35H,10-11,13-16H2,1-2H3,(H,32,36)/t20-,23+,24+,25-,27+/m0/s1. The number of amides is 2. The number of halogens is 2. The lowest BCUT2D eigenvalue weighted by Gasteiger charge is -2.30. The molecule has 200 valence electrons. The van der Waals surface area contributed by atoms with Crippen LogP contribution in [0.4, 0.5) is 8.78 Å². The van der Waals surface area contributed by atoms with E-state index in [1.165, 1.54) is 12.1 Å². The third kappa shape index (κ3) is 7.12. The summed E-state index contributed by atoms with van der Waals surface area (Å²) in [6.07, 6.45) is -0.530. The highest BCUT2D eigenvalue weighted by atomic mass is 19.1. The fraction of sp³-hybridized carbons (Fsp3) is 0.500. The number of hydrogen-bond donors (Lipinski definition) is 3. The summed E-state index contributed by atoms with van der Waals surface area (Å²) in [5.41, 5.74) is 1.37. The molecule has 2 aromatic rings. The molecule has 0 spiro atoms. The fourth-order valence-electron chi connectivity index (χ4n) is 5.14. The highest BCUT2D eigenvalue weighted by Crippen LogP contribution is 2.23. The lowest BCUT2D eigenvalue weighted by molar-refractivity contribution is -0.130. The van der Waals surface area contributed by atoms with E-state index in [0.29, 0.717) is 31.7 Å². The third-order valence-electron chi connectivity index (χ3n) is 7.14. The Hall–Kier alpha value is -2.88. The van der Waals surface area contributed by atoms with E-state index < -0.39 is 29.7 Å². The van der Waals surface area contributed by atoms with E-state index in [-0.39, 0.29) is 42.8 Å². The van der Waals surface area contributed by atoms with Gasteiger partial charge in [-0.2, -0.15) is 0 Å². The van der Waals surface area contributed by atoms with Gasteiger partial charge in [0, 0.05) is 37.7 Å². The number of rotatable bonds is 10. The van der Waals surface area contributed by atoms with Crippen LogP contribution in [0.25, 0.3) is 0 Å². The predicted octanol–water partition coefficient (Wildman–Crippen LogP) is 2.56. The molecule has 0 aromatic heterocycles. The Morgan fingerprint density at radius 1 is 1.16 bits per heavy atom. The Morgan fingerprint density at radius 2 is 1.86 bits per heavy atom. The number of carbonyl (C=O) groups excluding carboxylic acids is 2. The van der Waals surface area contributed by atoms with E-state index in [9.17, 15) is 23.5 Å². The number of benzene rings is 2. The maximum absolute atomic E-state index is 13.9. The van der Waals surface area contributed by atoms with Gasteiger partial charge in [-0.05, 0) is 49.9 Å². The van der Waals surface area contributed by atoms with Gasteiger partial charge in [-0.25, -0.2) is 8.78 Å². The molecule has 3 N–H and O–H groups in total. The molecule has 0 radical (unpaired) electrons. The van der Waals surface area contributed by atoms with Crippen LogP contribution >= 0.6 is 0 Å². The second kappa shape index (κ2) is 12.1. The van der Waals surface area contributed by atoms with E-state index in [1.807, 2.05) is 44.2 Å². The molecule has 0 saturated carbocycles. The molecule has 9 heteroatoms. The van der Waals surface area contributed by atoms with Gasteiger partial charge in [0.1, 0.15) is 11.6 Å². The topological polar surface area (TPSA) is 90.9 Å². The lowest BCUT2D eigenvalue weighted by Crippen LogP contribution is -2.53. The highest BCUT2D eigenvalue weighted by molar-refractivity contribution is 5.89. The number of hydrogen-bond acceptors (Lipinski definition) is 5. The van der Waals surface area contributed by atoms with Gasteiger partial charge in [-0.3, -0.25) is 9.59 Å². The Balaban J connectivity index is 1.43. The summed E-state index contributed by atoms with van der Waals surface area (Å²) < 4.78 is 33.7. The summed E-state index contributed by atoms with van der Waals surface area (Å²) in [6.45, 7) is 5.07. The van der Waals surface area contributed by atoms with Gasteiger partial charge in [-0.1, -0.05) is 30.3 Å². The summed E-state index contributed by atoms with van der Waals surface area (Å²) in [6, 6.07) is 11.7. The van der Waals surface area contributed by atoms with E-state index in [1.54, 1.807) is 4.90 Å². The van der Waals surface area contributed by atoms with Crippen molar-refractivity contribution in [3.05, 3.63) is 71.3 Å². The van der Waals surface area contributed by atoms with Crippen LogP contribution in [-0.2, 0) is 27.4 Å². The second-order valence-electron chi connectivity index (χ2n) is 10.3. The van der Waals surface area contributed by atoms with Crippen molar-refractivity contribution in [2.75, 3.05) is 13.1 Å². The Morgan fingerprint density at radius 3 is 2.51 bits per heavy atom. The SMILES string of the molecule is CC(C)N1C[C@@H](C(=O)N[C@@H](Cc2cc(F)cc(F)c2)[C@H](O)[C@H]2C[C@@H](OCc3ccccc3)CN2)CC1=O. The Bertz CT molecular complexity index is 1060. The summed E-state index contributed by atoms with van der Waals surface area (Å²) >= 11 is 0. The van der Waals surface area contributed by atoms with Gasteiger partial charge in [-0.15, -0.1) is 0 Å². The van der Waals surface area contributed by atoms with Crippen LogP contribution in [0.5, 0.6) is 0 Å². The maximum atomic E-state index is 13.9. The average molecular weight is 516 g/mol. The van der Waals surface area contributed by atoms with Gasteiger partial charge < -0.3 is 25.4 Å². The smallest absolute Gasteiger partial charge is 0.225 e. The molecule has 2 aromatic carbocycles. The number of nitrogens with one attached hydrogen (secondary N) is 2. The van der Waals surface area contributed by atoms with Crippen molar-refractivity contribution < 1.29 is 28.2 Å². The molecule has 0 aliphatic carbocycles. The average Bonchev–Trinajstić information content (AvgIpc) is 3.49. The molecule has 2 saturated heterocycles. The van der Waals surface area contributed by atoms with Crippen molar-refractivity contribution in [3.63, 3.8) is 0 Å². The molecule has 0 unspecified atom stereocenters. The monoisotopic (exact) mass is 515 g/mol. The van der Waals surface area contributed by atoms with E-state index in [0.717, 1.165) is 11.6 Å². The van der Waals surface area contributed by atoms with Crippen molar-refractivity contribution >= 4 is 11.8 Å². The van der Waals surface area contributed by atoms with Crippen LogP contribution in [0.2, 0.25) is 0 Å². The van der Waals surface area contributed by atoms with Crippen molar-refractivity contribution in [1.29, 1.82) is 0 Å². The molecule has 4 rings (SSSR count). The first kappa shape index (κ1) is 27.2. The van der Waals surface area contributed by atoms with Crippen molar-refractivity contribution in [2.24, 2.45) is 5.92 Å². The molecule has 37 heavy (non-hydrogen) atoms. The molecule has 2 aliphatic heterocycles. The zero-order chi connectivity index (χ0) is 26.5. The van der Waals surface area contributed by atoms with Crippen molar-refractivity contribution in [2.45, 2.75) is 70.1 Å². The summed E-state index contributed by atoms with van der Waals surface area (Å²) in [4.78, 5) is 27.1. The molecule has 2 heterocycles. The van der Waals surface area contributed by atoms with Crippen LogP contribution in [-0.4, -0.2) is 65.2 Å². The summed E-state index contributed by atoms with van der Waals surface area (Å²) in [7, 11) is 0. The lowest BCUT2D eigenvalue weighted by atomic mass is 9.94. The minimum absolute atomic E-state index is 0.0162. The van der Waals surface area contributed by atoms with Crippen LogP contribution in [0.3, 0.4) is 0 Å². The quantitative estimate of drug-likeness (QED) is 0.453. The molecule has 2 fully saturated rings. The molecular formula is C28H35F2N3O4. The minimum atomic E-state index is -1.04. The zero-order valence-electron chi connectivity index (χ0n) is 21.2. The first-order valence-corrected chi connectivity index (χ1v) is 12.8. The number of nitrogens with zero attached hydrogens (tertiary/aromatic N) is 1. The van der Waals surface area contributed by atoms with E-state index >= 15 is 0 Å². The first-order valence-electron chi connectivity index (χ1n) is 12.8. The normalized spacial score (nSPS) is 23.5. The van der Waals surface area contributed by atoms with Crippen LogP contribution in [0, 0.1) is 17.6 Å². The predicted molar refractivity (Wildman–Crippen MR) is 134 cm³/mol. The number of ether oxygens (including phenoxy) is 1. The number of aliphatic hydroxyl groups is 1. The Labute approximate surface area is 216 Å². The largest absolute Gasteiger partial charge is 0.389 e. The number of aliphatic hydroxyl groups excluding tert-OH is 1. The molecule has 7 nitrogen and oxygen atoms in total. The van der Waals surface area contributed by atoms with Crippen molar-refractivity contribution in [1.82, 2.24) is 15.5 Å². The molecule has 0 bridgehead atoms. The maximum Gasteiger partial charge on any atom is 0.225 e. The second-order valence-corrected chi connectivity index (χ2v) is 10.3. The van der Waals surface area contributed by atoms with Crippen LogP contribution in [0.1, 0.15) is 37.8 Å². The van der Waals surface area contributed by atoms with Gasteiger partial charge >= 0.3 is 0 Å². The highest BCUT2D eigenvalue weighted by Gasteiger charge is 2.39. The number of carbonyl (C=O) groups is 2. The number of likely N-dealkylation sites (tertiary alicyclic amines) is 1. The minimum Gasteiger partial charge on any atom is -0.389 e. The summed E-state index contributed by atoms with van der Waals surface area (Å²) in [5, 5.41) is 17.4. The van der Waals surface area contributed by atoms with E-state index in [4.69, 9.17) is 4.74 Å². The van der Waals surface area contributed by atoms with Crippen molar-refractivity contribution in [3.8, 4) is 0 Å². The molecular weight excluding hydrogens is 480 g/mol.